The summed E-state index contributed by atoms with van der Waals surface area (Å²) >= 11 is 0. The highest BCUT2D eigenvalue weighted by atomic mass is 16.2. The molecule has 1 aliphatic heterocycles. The van der Waals surface area contributed by atoms with Gasteiger partial charge in [-0.05, 0) is 18.1 Å². The molecule has 2 rings (SSSR count). The van der Waals surface area contributed by atoms with Crippen molar-refractivity contribution in [2.45, 2.75) is 19.9 Å². The molecule has 2 amide bonds. The first-order valence-corrected chi connectivity index (χ1v) is 5.86. The van der Waals surface area contributed by atoms with Gasteiger partial charge in [0.2, 0.25) is 5.91 Å². The molecule has 0 saturated carbocycles. The van der Waals surface area contributed by atoms with Gasteiger partial charge in [-0.3, -0.25) is 9.59 Å². The van der Waals surface area contributed by atoms with Gasteiger partial charge in [-0.1, -0.05) is 25.1 Å². The molecule has 17 heavy (non-hydrogen) atoms. The number of amides is 2. The van der Waals surface area contributed by atoms with E-state index >= 15 is 0 Å². The minimum absolute atomic E-state index is 0.0488. The molecule has 0 radical (unpaired) electrons. The van der Waals surface area contributed by atoms with Crippen LogP contribution in [-0.4, -0.2) is 29.8 Å². The van der Waals surface area contributed by atoms with Crippen LogP contribution in [0.2, 0.25) is 0 Å². The van der Waals surface area contributed by atoms with Crippen LogP contribution in [0.4, 0.5) is 0 Å². The molecular weight excluding hydrogens is 216 g/mol. The van der Waals surface area contributed by atoms with Crippen molar-refractivity contribution in [3.05, 3.63) is 35.4 Å². The Kier molecular flexibility index (Phi) is 3.42. The molecule has 0 unspecified atom stereocenters. The lowest BCUT2D eigenvalue weighted by Gasteiger charge is -2.14. The van der Waals surface area contributed by atoms with Crippen LogP contribution < -0.4 is 5.32 Å². The van der Waals surface area contributed by atoms with Crippen molar-refractivity contribution >= 4 is 11.8 Å². The highest BCUT2D eigenvalue weighted by Crippen LogP contribution is 2.21. The first-order valence-electron chi connectivity index (χ1n) is 5.86. The normalized spacial score (nSPS) is 13.7. The maximum Gasteiger partial charge on any atom is 0.254 e. The van der Waals surface area contributed by atoms with Gasteiger partial charge in [-0.2, -0.15) is 0 Å². The maximum atomic E-state index is 12.0. The molecule has 4 nitrogen and oxygen atoms in total. The fourth-order valence-corrected chi connectivity index (χ4v) is 1.94. The summed E-state index contributed by atoms with van der Waals surface area (Å²) in [4.78, 5) is 25.1. The number of nitrogens with zero attached hydrogens (tertiary/aromatic N) is 1. The van der Waals surface area contributed by atoms with Crippen molar-refractivity contribution in [1.82, 2.24) is 10.2 Å². The van der Waals surface area contributed by atoms with Gasteiger partial charge in [0.25, 0.3) is 5.91 Å². The summed E-state index contributed by atoms with van der Waals surface area (Å²) in [6.45, 7) is 3.34. The molecule has 1 N–H and O–H groups in total. The van der Waals surface area contributed by atoms with E-state index in [-0.39, 0.29) is 18.4 Å². The first-order chi connectivity index (χ1) is 8.22. The highest BCUT2D eigenvalue weighted by molar-refractivity contribution is 6.00. The summed E-state index contributed by atoms with van der Waals surface area (Å²) in [7, 11) is 0. The third-order valence-corrected chi connectivity index (χ3v) is 2.80. The van der Waals surface area contributed by atoms with E-state index in [0.717, 1.165) is 17.5 Å². The second-order valence-corrected chi connectivity index (χ2v) is 4.17. The van der Waals surface area contributed by atoms with Gasteiger partial charge < -0.3 is 10.2 Å². The smallest absolute Gasteiger partial charge is 0.254 e. The predicted octanol–water partition coefficient (Wildman–Crippen LogP) is 1.17. The SMILES string of the molecule is CCCNC(=O)CN1Cc2ccccc2C1=O. The monoisotopic (exact) mass is 232 g/mol. The van der Waals surface area contributed by atoms with Gasteiger partial charge in [0, 0.05) is 18.7 Å². The minimum atomic E-state index is -0.0898. The number of carbonyl (C=O) groups is 2. The zero-order chi connectivity index (χ0) is 12.3. The summed E-state index contributed by atoms with van der Waals surface area (Å²) in [6.07, 6.45) is 0.903. The number of carbonyl (C=O) groups excluding carboxylic acids is 2. The van der Waals surface area contributed by atoms with E-state index in [0.29, 0.717) is 13.1 Å². The van der Waals surface area contributed by atoms with Crippen LogP contribution in [0.3, 0.4) is 0 Å². The van der Waals surface area contributed by atoms with Crippen LogP contribution in [0.1, 0.15) is 29.3 Å². The van der Waals surface area contributed by atoms with Crippen LogP contribution >= 0.6 is 0 Å². The Hall–Kier alpha value is -1.84. The third kappa shape index (κ3) is 2.46. The van der Waals surface area contributed by atoms with Crippen LogP contribution in [0, 0.1) is 0 Å². The molecule has 1 aromatic carbocycles. The molecule has 0 spiro atoms. The molecule has 1 heterocycles. The van der Waals surface area contributed by atoms with E-state index in [4.69, 9.17) is 0 Å². The Balaban J connectivity index is 1.98. The van der Waals surface area contributed by atoms with Gasteiger partial charge in [0.15, 0.2) is 0 Å². The Morgan fingerprint density at radius 2 is 2.18 bits per heavy atom. The first kappa shape index (κ1) is 11.6. The zero-order valence-electron chi connectivity index (χ0n) is 9.90. The summed E-state index contributed by atoms with van der Waals surface area (Å²) in [5.74, 6) is -0.139. The Labute approximate surface area is 101 Å². The Bertz CT molecular complexity index is 443. The van der Waals surface area contributed by atoms with Gasteiger partial charge in [-0.25, -0.2) is 0 Å². The summed E-state index contributed by atoms with van der Waals surface area (Å²) in [5.41, 5.74) is 1.72. The van der Waals surface area contributed by atoms with E-state index in [1.165, 1.54) is 0 Å². The molecule has 1 aliphatic rings. The number of nitrogens with one attached hydrogen (secondary N) is 1. The van der Waals surface area contributed by atoms with Crippen molar-refractivity contribution in [2.75, 3.05) is 13.1 Å². The average molecular weight is 232 g/mol. The van der Waals surface area contributed by atoms with Crippen LogP contribution in [-0.2, 0) is 11.3 Å². The summed E-state index contributed by atoms with van der Waals surface area (Å²) < 4.78 is 0. The molecule has 0 saturated heterocycles. The van der Waals surface area contributed by atoms with Crippen molar-refractivity contribution < 1.29 is 9.59 Å². The number of benzene rings is 1. The largest absolute Gasteiger partial charge is 0.355 e. The van der Waals surface area contributed by atoms with Gasteiger partial charge in [0.1, 0.15) is 6.54 Å². The van der Waals surface area contributed by atoms with Crippen molar-refractivity contribution in [1.29, 1.82) is 0 Å². The Morgan fingerprint density at radius 3 is 2.88 bits per heavy atom. The van der Waals surface area contributed by atoms with E-state index in [2.05, 4.69) is 5.32 Å². The van der Waals surface area contributed by atoms with Gasteiger partial charge in [0.05, 0.1) is 0 Å². The number of fused-ring (bicyclic) bond motifs is 1. The van der Waals surface area contributed by atoms with Crippen LogP contribution in [0.5, 0.6) is 0 Å². The maximum absolute atomic E-state index is 12.0. The fraction of sp³-hybridized carbons (Fsp3) is 0.385. The average Bonchev–Trinajstić information content (AvgIpc) is 2.64. The van der Waals surface area contributed by atoms with E-state index in [9.17, 15) is 9.59 Å². The van der Waals surface area contributed by atoms with Gasteiger partial charge >= 0.3 is 0 Å². The molecule has 4 heteroatoms. The van der Waals surface area contributed by atoms with E-state index in [1.54, 1.807) is 4.90 Å². The molecule has 0 aromatic heterocycles. The topological polar surface area (TPSA) is 49.4 Å². The lowest BCUT2D eigenvalue weighted by Crippen LogP contribution is -2.37. The lowest BCUT2D eigenvalue weighted by molar-refractivity contribution is -0.121. The van der Waals surface area contributed by atoms with Crippen molar-refractivity contribution in [3.8, 4) is 0 Å². The summed E-state index contributed by atoms with van der Waals surface area (Å²) in [6, 6.07) is 7.49. The molecule has 1 aromatic rings. The fourth-order valence-electron chi connectivity index (χ4n) is 1.94. The standard InChI is InChI=1S/C13H16N2O2/c1-2-7-14-12(16)9-15-8-10-5-3-4-6-11(10)13(15)17/h3-6H,2,7-9H2,1H3,(H,14,16). The molecule has 90 valence electrons. The third-order valence-electron chi connectivity index (χ3n) is 2.80. The van der Waals surface area contributed by atoms with E-state index < -0.39 is 0 Å². The number of rotatable bonds is 4. The number of hydrogen-bond acceptors (Lipinski definition) is 2. The zero-order valence-corrected chi connectivity index (χ0v) is 9.90. The highest BCUT2D eigenvalue weighted by Gasteiger charge is 2.27. The van der Waals surface area contributed by atoms with Crippen LogP contribution in [0.25, 0.3) is 0 Å². The van der Waals surface area contributed by atoms with Gasteiger partial charge in [-0.15, -0.1) is 0 Å². The second-order valence-electron chi connectivity index (χ2n) is 4.17. The molecule has 0 bridgehead atoms. The van der Waals surface area contributed by atoms with Crippen molar-refractivity contribution in [2.24, 2.45) is 0 Å². The Morgan fingerprint density at radius 1 is 1.41 bits per heavy atom. The molecule has 0 aliphatic carbocycles. The number of hydrogen-bond donors (Lipinski definition) is 1. The molecule has 0 fully saturated rings. The van der Waals surface area contributed by atoms with Crippen LogP contribution in [0.15, 0.2) is 24.3 Å². The minimum Gasteiger partial charge on any atom is -0.355 e. The predicted molar refractivity (Wildman–Crippen MR) is 64.5 cm³/mol. The van der Waals surface area contributed by atoms with E-state index in [1.807, 2.05) is 31.2 Å². The molecule has 0 atom stereocenters. The lowest BCUT2D eigenvalue weighted by atomic mass is 10.1. The second kappa shape index (κ2) is 4.99. The quantitative estimate of drug-likeness (QED) is 0.847. The summed E-state index contributed by atoms with van der Waals surface area (Å²) in [5, 5.41) is 2.77. The molecular formula is C13H16N2O2. The van der Waals surface area contributed by atoms with Crippen molar-refractivity contribution in [3.63, 3.8) is 0 Å².